The smallest absolute Gasteiger partial charge is 0.191 e. The molecule has 23 heavy (non-hydrogen) atoms. The second kappa shape index (κ2) is 11.7. The van der Waals surface area contributed by atoms with Gasteiger partial charge in [-0.2, -0.15) is 0 Å². The van der Waals surface area contributed by atoms with Gasteiger partial charge < -0.3 is 20.2 Å². The second-order valence-corrected chi connectivity index (χ2v) is 6.26. The molecule has 3 N–H and O–H groups in total. The third-order valence-corrected chi connectivity index (χ3v) is 3.44. The highest BCUT2D eigenvalue weighted by Crippen LogP contribution is 2.20. The van der Waals surface area contributed by atoms with E-state index in [1.807, 2.05) is 6.92 Å². The SMILES string of the molecule is CCNC(=NCC(C)(O)c1ccco1)NCCCCC(C)C.I. The number of nitrogens with zero attached hydrogens (tertiary/aromatic N) is 1. The van der Waals surface area contributed by atoms with E-state index in [0.717, 1.165) is 31.4 Å². The van der Waals surface area contributed by atoms with Crippen LogP contribution in [0.3, 0.4) is 0 Å². The van der Waals surface area contributed by atoms with Crippen molar-refractivity contribution in [3.63, 3.8) is 0 Å². The largest absolute Gasteiger partial charge is 0.466 e. The van der Waals surface area contributed by atoms with Crippen molar-refractivity contribution in [1.82, 2.24) is 10.6 Å². The number of hydrogen-bond acceptors (Lipinski definition) is 3. The van der Waals surface area contributed by atoms with Crippen molar-refractivity contribution in [1.29, 1.82) is 0 Å². The van der Waals surface area contributed by atoms with Crippen LogP contribution in [0.5, 0.6) is 0 Å². The Bertz CT molecular complexity index is 431. The summed E-state index contributed by atoms with van der Waals surface area (Å²) in [5, 5.41) is 16.9. The minimum absolute atomic E-state index is 0. The molecule has 1 rings (SSSR count). The first-order chi connectivity index (χ1) is 10.5. The van der Waals surface area contributed by atoms with Crippen LogP contribution in [0.25, 0.3) is 0 Å². The molecular weight excluding hydrogens is 405 g/mol. The average molecular weight is 437 g/mol. The van der Waals surface area contributed by atoms with E-state index in [1.165, 1.54) is 12.8 Å². The summed E-state index contributed by atoms with van der Waals surface area (Å²) < 4.78 is 5.27. The lowest BCUT2D eigenvalue weighted by atomic mass is 10.0. The monoisotopic (exact) mass is 437 g/mol. The predicted molar refractivity (Wildman–Crippen MR) is 106 cm³/mol. The first kappa shape index (κ1) is 22.2. The zero-order valence-electron chi connectivity index (χ0n) is 14.8. The fourth-order valence-corrected chi connectivity index (χ4v) is 2.12. The summed E-state index contributed by atoms with van der Waals surface area (Å²) in [7, 11) is 0. The van der Waals surface area contributed by atoms with Gasteiger partial charge in [-0.1, -0.05) is 26.7 Å². The van der Waals surface area contributed by atoms with E-state index in [2.05, 4.69) is 29.5 Å². The molecule has 134 valence electrons. The first-order valence-corrected chi connectivity index (χ1v) is 8.24. The van der Waals surface area contributed by atoms with Crippen molar-refractivity contribution in [2.75, 3.05) is 19.6 Å². The molecule has 1 heterocycles. The zero-order valence-corrected chi connectivity index (χ0v) is 17.1. The van der Waals surface area contributed by atoms with Crippen molar-refractivity contribution < 1.29 is 9.52 Å². The van der Waals surface area contributed by atoms with Gasteiger partial charge in [0, 0.05) is 13.1 Å². The lowest BCUT2D eigenvalue weighted by Crippen LogP contribution is -2.39. The molecule has 0 saturated heterocycles. The van der Waals surface area contributed by atoms with Gasteiger partial charge in [-0.3, -0.25) is 0 Å². The van der Waals surface area contributed by atoms with Gasteiger partial charge in [0.1, 0.15) is 11.4 Å². The van der Waals surface area contributed by atoms with Crippen molar-refractivity contribution in [2.24, 2.45) is 10.9 Å². The van der Waals surface area contributed by atoms with E-state index >= 15 is 0 Å². The molecule has 1 aromatic heterocycles. The lowest BCUT2D eigenvalue weighted by Gasteiger charge is -2.19. The molecular formula is C17H32IN3O2. The van der Waals surface area contributed by atoms with Gasteiger partial charge in [0.15, 0.2) is 5.96 Å². The standard InChI is InChI=1S/C17H31N3O2.HI/c1-5-18-16(19-11-7-6-9-14(2)3)20-13-17(4,21)15-10-8-12-22-15;/h8,10,12,14,21H,5-7,9,11,13H2,1-4H3,(H2,18,19,20);1H. The minimum Gasteiger partial charge on any atom is -0.466 e. The number of aliphatic hydroxyl groups is 1. The van der Waals surface area contributed by atoms with Gasteiger partial charge >= 0.3 is 0 Å². The molecule has 0 spiro atoms. The lowest BCUT2D eigenvalue weighted by molar-refractivity contribution is 0.0437. The van der Waals surface area contributed by atoms with Crippen LogP contribution in [-0.2, 0) is 5.60 Å². The van der Waals surface area contributed by atoms with Gasteiger partial charge in [0.25, 0.3) is 0 Å². The molecule has 0 fully saturated rings. The third kappa shape index (κ3) is 9.20. The summed E-state index contributed by atoms with van der Waals surface area (Å²) in [4.78, 5) is 4.46. The molecule has 0 bridgehead atoms. The first-order valence-electron chi connectivity index (χ1n) is 8.24. The Balaban J connectivity index is 0.00000484. The van der Waals surface area contributed by atoms with E-state index in [4.69, 9.17) is 4.42 Å². The Morgan fingerprint density at radius 2 is 2.09 bits per heavy atom. The van der Waals surface area contributed by atoms with Crippen LogP contribution in [0.15, 0.2) is 27.8 Å². The summed E-state index contributed by atoms with van der Waals surface area (Å²) in [5.74, 6) is 2.02. The summed E-state index contributed by atoms with van der Waals surface area (Å²) in [6.07, 6.45) is 5.15. The highest BCUT2D eigenvalue weighted by molar-refractivity contribution is 14.0. The number of guanidine groups is 1. The van der Waals surface area contributed by atoms with Gasteiger partial charge in [0.2, 0.25) is 0 Å². The normalized spacial score (nSPS) is 14.3. The van der Waals surface area contributed by atoms with Crippen molar-refractivity contribution in [3.05, 3.63) is 24.2 Å². The fraction of sp³-hybridized carbons (Fsp3) is 0.706. The van der Waals surface area contributed by atoms with E-state index in [9.17, 15) is 5.11 Å². The Hall–Kier alpha value is -0.760. The molecule has 0 aliphatic heterocycles. The molecule has 1 aromatic rings. The molecule has 6 heteroatoms. The Morgan fingerprint density at radius 1 is 1.35 bits per heavy atom. The van der Waals surface area contributed by atoms with Crippen molar-refractivity contribution >= 4 is 29.9 Å². The van der Waals surface area contributed by atoms with Crippen molar-refractivity contribution in [3.8, 4) is 0 Å². The maximum absolute atomic E-state index is 10.4. The second-order valence-electron chi connectivity index (χ2n) is 6.26. The van der Waals surface area contributed by atoms with Crippen molar-refractivity contribution in [2.45, 2.75) is 52.6 Å². The Morgan fingerprint density at radius 3 is 2.65 bits per heavy atom. The zero-order chi connectivity index (χ0) is 16.4. The predicted octanol–water partition coefficient (Wildman–Crippen LogP) is 3.49. The van der Waals surface area contributed by atoms with Gasteiger partial charge in [-0.05, 0) is 38.3 Å². The summed E-state index contributed by atoms with van der Waals surface area (Å²) >= 11 is 0. The summed E-state index contributed by atoms with van der Waals surface area (Å²) in [5.41, 5.74) is -1.09. The van der Waals surface area contributed by atoms with Crippen LogP contribution >= 0.6 is 24.0 Å². The summed E-state index contributed by atoms with van der Waals surface area (Å²) in [6.45, 7) is 10.2. The number of nitrogens with one attached hydrogen (secondary N) is 2. The maximum atomic E-state index is 10.4. The van der Waals surface area contributed by atoms with E-state index in [1.54, 1.807) is 25.3 Å². The van der Waals surface area contributed by atoms with Crippen LogP contribution in [0.1, 0.15) is 52.7 Å². The number of unbranched alkanes of at least 4 members (excludes halogenated alkanes) is 1. The topological polar surface area (TPSA) is 69.8 Å². The van der Waals surface area contributed by atoms with E-state index in [-0.39, 0.29) is 30.5 Å². The molecule has 0 aliphatic rings. The van der Waals surface area contributed by atoms with E-state index < -0.39 is 5.60 Å². The van der Waals surface area contributed by atoms with Gasteiger partial charge in [-0.25, -0.2) is 4.99 Å². The minimum atomic E-state index is -1.09. The van der Waals surface area contributed by atoms with Crippen LogP contribution in [0.4, 0.5) is 0 Å². The maximum Gasteiger partial charge on any atom is 0.191 e. The van der Waals surface area contributed by atoms with Crippen LogP contribution in [0.2, 0.25) is 0 Å². The molecule has 0 aromatic carbocycles. The van der Waals surface area contributed by atoms with E-state index in [0.29, 0.717) is 5.76 Å². The fourth-order valence-electron chi connectivity index (χ4n) is 2.12. The third-order valence-electron chi connectivity index (χ3n) is 3.44. The molecule has 1 atom stereocenters. The van der Waals surface area contributed by atoms with Crippen LogP contribution in [-0.4, -0.2) is 30.7 Å². The number of halogens is 1. The summed E-state index contributed by atoms with van der Waals surface area (Å²) in [6, 6.07) is 3.54. The quantitative estimate of drug-likeness (QED) is 0.240. The Kier molecular flexibility index (Phi) is 11.3. The van der Waals surface area contributed by atoms with Gasteiger partial charge in [-0.15, -0.1) is 24.0 Å². The molecule has 0 radical (unpaired) electrons. The molecule has 0 amide bonds. The van der Waals surface area contributed by atoms with Gasteiger partial charge in [0.05, 0.1) is 12.8 Å². The molecule has 0 aliphatic carbocycles. The molecule has 0 saturated carbocycles. The average Bonchev–Trinajstić information content (AvgIpc) is 2.99. The molecule has 1 unspecified atom stereocenters. The number of rotatable bonds is 9. The van der Waals surface area contributed by atoms with Crippen LogP contribution < -0.4 is 10.6 Å². The number of aliphatic imine (C=N–C) groups is 1. The molecule has 5 nitrogen and oxygen atoms in total. The highest BCUT2D eigenvalue weighted by atomic mass is 127. The van der Waals surface area contributed by atoms with Crippen LogP contribution in [0, 0.1) is 5.92 Å². The number of furan rings is 1. The number of hydrogen-bond donors (Lipinski definition) is 3. The Labute approximate surface area is 157 Å². The highest BCUT2D eigenvalue weighted by Gasteiger charge is 2.25.